The van der Waals surface area contributed by atoms with Crippen LogP contribution >= 0.6 is 11.8 Å². The van der Waals surface area contributed by atoms with Gasteiger partial charge in [0.2, 0.25) is 0 Å². The Morgan fingerprint density at radius 1 is 0.970 bits per heavy atom. The van der Waals surface area contributed by atoms with Gasteiger partial charge in [-0.1, -0.05) is 30.3 Å². The van der Waals surface area contributed by atoms with Gasteiger partial charge in [0.25, 0.3) is 5.91 Å². The first-order valence-corrected chi connectivity index (χ1v) is 12.0. The highest BCUT2D eigenvalue weighted by atomic mass is 32.2. The summed E-state index contributed by atoms with van der Waals surface area (Å²) in [5, 5.41) is 11.6. The first-order chi connectivity index (χ1) is 16.1. The molecule has 0 aliphatic carbocycles. The molecule has 1 saturated heterocycles. The number of rotatable bonds is 4. The second kappa shape index (κ2) is 9.03. The molecule has 4 aromatic rings. The molecule has 1 fully saturated rings. The van der Waals surface area contributed by atoms with Crippen LogP contribution < -0.4 is 5.73 Å². The maximum atomic E-state index is 12.8. The van der Waals surface area contributed by atoms with Crippen molar-refractivity contribution in [3.05, 3.63) is 89.5 Å². The van der Waals surface area contributed by atoms with Gasteiger partial charge in [-0.3, -0.25) is 4.79 Å². The molecule has 0 unspecified atom stereocenters. The number of nitrogens with two attached hydrogens (primary N) is 1. The van der Waals surface area contributed by atoms with Crippen LogP contribution in [0.15, 0.2) is 77.8 Å². The number of fused-ring (bicyclic) bond motifs is 1. The number of nitrogen functional groups attached to an aromatic ring is 1. The summed E-state index contributed by atoms with van der Waals surface area (Å²) in [7, 11) is 0. The van der Waals surface area contributed by atoms with Gasteiger partial charge in [-0.15, -0.1) is 0 Å². The molecule has 2 heterocycles. The van der Waals surface area contributed by atoms with E-state index in [1.54, 1.807) is 6.07 Å². The fourth-order valence-electron chi connectivity index (χ4n) is 4.05. The average molecular weight is 457 g/mol. The Balaban J connectivity index is 1.56. The van der Waals surface area contributed by atoms with Crippen LogP contribution in [0.5, 0.6) is 5.88 Å². The van der Waals surface area contributed by atoms with Gasteiger partial charge in [0, 0.05) is 52.3 Å². The van der Waals surface area contributed by atoms with Gasteiger partial charge in [0.15, 0.2) is 5.88 Å². The van der Waals surface area contributed by atoms with Gasteiger partial charge >= 0.3 is 0 Å². The van der Waals surface area contributed by atoms with Crippen LogP contribution in [0, 0.1) is 0 Å². The van der Waals surface area contributed by atoms with Gasteiger partial charge < -0.3 is 20.7 Å². The molecule has 1 aliphatic rings. The molecule has 0 radical (unpaired) electrons. The molecule has 1 aliphatic heterocycles. The lowest BCUT2D eigenvalue weighted by Gasteiger charge is -2.26. The number of hydrogen-bond donors (Lipinski definition) is 3. The van der Waals surface area contributed by atoms with Crippen molar-refractivity contribution >= 4 is 45.7 Å². The molecule has 33 heavy (non-hydrogen) atoms. The molecule has 6 nitrogen and oxygen atoms in total. The molecular weight excluding hydrogens is 432 g/mol. The molecule has 166 valence electrons. The number of aromatic nitrogens is 1. The van der Waals surface area contributed by atoms with E-state index in [0.29, 0.717) is 28.2 Å². The Morgan fingerprint density at radius 3 is 2.42 bits per heavy atom. The first kappa shape index (κ1) is 21.2. The summed E-state index contributed by atoms with van der Waals surface area (Å²) in [6.45, 7) is 1.56. The normalized spacial score (nSPS) is 14.5. The summed E-state index contributed by atoms with van der Waals surface area (Å²) in [6, 6.07) is 22.5. The minimum atomic E-state index is 0.0352. The first-order valence-electron chi connectivity index (χ1n) is 10.8. The number of H-pyrrole nitrogens is 1. The van der Waals surface area contributed by atoms with Gasteiger partial charge in [-0.25, -0.2) is 4.99 Å². The maximum absolute atomic E-state index is 12.8. The van der Waals surface area contributed by atoms with Gasteiger partial charge in [0.1, 0.15) is 0 Å². The van der Waals surface area contributed by atoms with E-state index >= 15 is 0 Å². The van der Waals surface area contributed by atoms with Crippen molar-refractivity contribution in [1.29, 1.82) is 0 Å². The zero-order valence-corrected chi connectivity index (χ0v) is 18.8. The van der Waals surface area contributed by atoms with Crippen molar-refractivity contribution in [2.24, 2.45) is 4.99 Å². The van der Waals surface area contributed by atoms with E-state index in [-0.39, 0.29) is 11.8 Å². The van der Waals surface area contributed by atoms with Crippen LogP contribution in [0.1, 0.15) is 21.5 Å². The maximum Gasteiger partial charge on any atom is 0.253 e. The lowest BCUT2D eigenvalue weighted by Crippen LogP contribution is -2.37. The zero-order chi connectivity index (χ0) is 22.8. The zero-order valence-electron chi connectivity index (χ0n) is 18.0. The lowest BCUT2D eigenvalue weighted by molar-refractivity contribution is 0.0772. The second-order valence-corrected chi connectivity index (χ2v) is 9.16. The average Bonchev–Trinajstić information content (AvgIpc) is 3.18. The van der Waals surface area contributed by atoms with Crippen molar-refractivity contribution < 1.29 is 9.90 Å². The standard InChI is InChI=1S/C26H24N4O2S/c27-19-8-11-22-21(16-19)23(25(31)29-22)24(17-4-2-1-3-5-17)28-20-9-6-18(7-10-20)26(32)30-12-14-33-15-13-30/h1-11,16,29,31H,12-15,27H2. The molecule has 0 spiro atoms. The Labute approximate surface area is 196 Å². The number of carbonyl (C=O) groups is 1. The fraction of sp³-hybridized carbons (Fsp3) is 0.154. The number of thioether (sulfide) groups is 1. The predicted molar refractivity (Wildman–Crippen MR) is 136 cm³/mol. The van der Waals surface area contributed by atoms with E-state index in [1.807, 2.05) is 83.4 Å². The van der Waals surface area contributed by atoms with Crippen LogP contribution in [0.4, 0.5) is 11.4 Å². The van der Waals surface area contributed by atoms with Crippen LogP contribution in [0.25, 0.3) is 10.9 Å². The highest BCUT2D eigenvalue weighted by Gasteiger charge is 2.20. The SMILES string of the molecule is Nc1ccc2[nH]c(O)c(C(=Nc3ccc(C(=O)N4CCSCC4)cc3)c3ccccc3)c2c1. The van der Waals surface area contributed by atoms with E-state index in [2.05, 4.69) is 4.98 Å². The molecule has 4 N–H and O–H groups in total. The monoisotopic (exact) mass is 456 g/mol. The van der Waals surface area contributed by atoms with Crippen molar-refractivity contribution in [1.82, 2.24) is 9.88 Å². The van der Waals surface area contributed by atoms with Gasteiger partial charge in [-0.2, -0.15) is 11.8 Å². The molecule has 0 atom stereocenters. The molecular formula is C26H24N4O2S. The number of nitrogens with zero attached hydrogens (tertiary/aromatic N) is 2. The number of benzene rings is 3. The summed E-state index contributed by atoms with van der Waals surface area (Å²) in [5.41, 5.74) is 10.8. The third kappa shape index (κ3) is 4.32. The lowest BCUT2D eigenvalue weighted by atomic mass is 10.0. The molecule has 0 bridgehead atoms. The Morgan fingerprint density at radius 2 is 1.70 bits per heavy atom. The third-order valence-electron chi connectivity index (χ3n) is 5.74. The quantitative estimate of drug-likeness (QED) is 0.303. The van der Waals surface area contributed by atoms with E-state index in [4.69, 9.17) is 10.7 Å². The van der Waals surface area contributed by atoms with Crippen molar-refractivity contribution in [2.45, 2.75) is 0 Å². The number of anilines is 1. The minimum Gasteiger partial charge on any atom is -0.494 e. The predicted octanol–water partition coefficient (Wildman–Crippen LogP) is 4.81. The molecule has 1 aromatic heterocycles. The smallest absolute Gasteiger partial charge is 0.253 e. The van der Waals surface area contributed by atoms with Crippen LogP contribution in [0.3, 0.4) is 0 Å². The molecule has 0 saturated carbocycles. The second-order valence-electron chi connectivity index (χ2n) is 7.93. The van der Waals surface area contributed by atoms with E-state index < -0.39 is 0 Å². The number of amides is 1. The molecule has 1 amide bonds. The number of aromatic hydroxyl groups is 1. The van der Waals surface area contributed by atoms with Crippen LogP contribution in [-0.2, 0) is 0 Å². The Kier molecular flexibility index (Phi) is 5.79. The van der Waals surface area contributed by atoms with Gasteiger partial charge in [0.05, 0.1) is 17.0 Å². The third-order valence-corrected chi connectivity index (χ3v) is 6.68. The van der Waals surface area contributed by atoms with Crippen molar-refractivity contribution in [2.75, 3.05) is 30.3 Å². The van der Waals surface area contributed by atoms with E-state index in [0.717, 1.165) is 41.1 Å². The highest BCUT2D eigenvalue weighted by Crippen LogP contribution is 2.32. The highest BCUT2D eigenvalue weighted by molar-refractivity contribution is 7.99. The van der Waals surface area contributed by atoms with Crippen LogP contribution in [-0.4, -0.2) is 51.2 Å². The van der Waals surface area contributed by atoms with E-state index in [1.165, 1.54) is 0 Å². The summed E-state index contributed by atoms with van der Waals surface area (Å²) < 4.78 is 0. The summed E-state index contributed by atoms with van der Waals surface area (Å²) in [5.74, 6) is 2.05. The molecule has 3 aromatic carbocycles. The van der Waals surface area contributed by atoms with Crippen molar-refractivity contribution in [3.63, 3.8) is 0 Å². The molecule has 7 heteroatoms. The van der Waals surface area contributed by atoms with Gasteiger partial charge in [-0.05, 0) is 42.5 Å². The largest absolute Gasteiger partial charge is 0.494 e. The minimum absolute atomic E-state index is 0.0352. The number of nitrogens with one attached hydrogen (secondary N) is 1. The summed E-state index contributed by atoms with van der Waals surface area (Å²) >= 11 is 1.88. The topological polar surface area (TPSA) is 94.7 Å². The Hall–Kier alpha value is -3.71. The molecule has 5 rings (SSSR count). The summed E-state index contributed by atoms with van der Waals surface area (Å²) in [4.78, 5) is 22.6. The number of aliphatic imine (C=N–C) groups is 1. The fourth-order valence-corrected chi connectivity index (χ4v) is 4.96. The number of hydrogen-bond acceptors (Lipinski definition) is 5. The summed E-state index contributed by atoms with van der Waals surface area (Å²) in [6.07, 6.45) is 0. The Bertz CT molecular complexity index is 1320. The number of carbonyl (C=O) groups excluding carboxylic acids is 1. The van der Waals surface area contributed by atoms with Crippen molar-refractivity contribution in [3.8, 4) is 5.88 Å². The number of aromatic amines is 1. The van der Waals surface area contributed by atoms with Crippen LogP contribution in [0.2, 0.25) is 0 Å². The van der Waals surface area contributed by atoms with E-state index in [9.17, 15) is 9.90 Å².